The van der Waals surface area contributed by atoms with Gasteiger partial charge in [-0.05, 0) is 57.3 Å². The molecule has 3 heterocycles. The van der Waals surface area contributed by atoms with Gasteiger partial charge in [0, 0.05) is 33.9 Å². The van der Waals surface area contributed by atoms with Crippen molar-refractivity contribution in [2.45, 2.75) is 0 Å². The van der Waals surface area contributed by atoms with E-state index in [9.17, 15) is 0 Å². The van der Waals surface area contributed by atoms with Gasteiger partial charge in [0.2, 0.25) is 0 Å². The first-order valence-electron chi connectivity index (χ1n) is 10.5. The van der Waals surface area contributed by atoms with Gasteiger partial charge in [0.1, 0.15) is 5.82 Å². The molecule has 0 spiro atoms. The summed E-state index contributed by atoms with van der Waals surface area (Å²) >= 11 is 0. The lowest BCUT2D eigenvalue weighted by molar-refractivity contribution is 1.08. The summed E-state index contributed by atoms with van der Waals surface area (Å²) in [6, 6.07) is 28.2. The summed E-state index contributed by atoms with van der Waals surface area (Å²) in [7, 11) is 0. The number of rotatable bonds is 1. The summed E-state index contributed by atoms with van der Waals surface area (Å²) in [5.74, 6) is 0.920. The largest absolute Gasteiger partial charge is 0.292 e. The zero-order valence-corrected chi connectivity index (χ0v) is 16.5. The highest BCUT2D eigenvalue weighted by Crippen LogP contribution is 2.48. The molecule has 0 fully saturated rings. The number of fused-ring (bicyclic) bond motifs is 3. The van der Waals surface area contributed by atoms with Gasteiger partial charge in [-0.2, -0.15) is 0 Å². The first kappa shape index (κ1) is 15.6. The van der Waals surface area contributed by atoms with Crippen LogP contribution in [0, 0.1) is 0 Å². The van der Waals surface area contributed by atoms with Gasteiger partial charge in [0.15, 0.2) is 0 Å². The fraction of sp³-hybridized carbons (Fsp3) is 0. The monoisotopic (exact) mass is 393 g/mol. The Balaban J connectivity index is 1.83. The minimum absolute atomic E-state index is 0.920. The summed E-state index contributed by atoms with van der Waals surface area (Å²) in [4.78, 5) is 9.57. The normalized spacial score (nSPS) is 12.5. The molecule has 0 saturated carbocycles. The number of benzene rings is 5. The summed E-state index contributed by atoms with van der Waals surface area (Å²) < 4.78 is 2.30. The molecular formula is C28H15N3. The standard InChI is InChI=1S/C28H15N3/c1-2-13-29-22(8-1)31-21-12-11-17-10-9-16-5-3-7-19-20-15-18-6-4-14-30-27(18)28(31)25(20)26(21)24(17)23(16)19/h1-15H. The molecule has 3 heteroatoms. The molecule has 31 heavy (non-hydrogen) atoms. The molecule has 0 aliphatic rings. The first-order valence-corrected chi connectivity index (χ1v) is 10.5. The fourth-order valence-corrected chi connectivity index (χ4v) is 5.58. The Bertz CT molecular complexity index is 1930. The van der Waals surface area contributed by atoms with Crippen LogP contribution in [0.15, 0.2) is 91.3 Å². The average Bonchev–Trinajstić information content (AvgIpc) is 3.19. The Morgan fingerprint density at radius 2 is 1.39 bits per heavy atom. The van der Waals surface area contributed by atoms with Gasteiger partial charge in [-0.15, -0.1) is 0 Å². The fourth-order valence-electron chi connectivity index (χ4n) is 5.58. The highest BCUT2D eigenvalue weighted by Gasteiger charge is 2.24. The number of aromatic nitrogens is 3. The average molecular weight is 393 g/mol. The molecule has 0 aliphatic heterocycles. The van der Waals surface area contributed by atoms with Crippen molar-refractivity contribution in [3.8, 4) is 5.82 Å². The Labute approximate surface area is 176 Å². The molecule has 0 aliphatic carbocycles. The van der Waals surface area contributed by atoms with Crippen LogP contribution in [0.4, 0.5) is 0 Å². The Morgan fingerprint density at radius 1 is 0.548 bits per heavy atom. The van der Waals surface area contributed by atoms with Crippen LogP contribution in [0.2, 0.25) is 0 Å². The molecule has 0 N–H and O–H groups in total. The maximum absolute atomic E-state index is 4.83. The van der Waals surface area contributed by atoms with E-state index < -0.39 is 0 Å². The molecule has 0 unspecified atom stereocenters. The van der Waals surface area contributed by atoms with Crippen LogP contribution >= 0.6 is 0 Å². The SMILES string of the molecule is c1ccc(-n2c3ccc4ccc5cccc6c7cc8cccnc8c2c7c3c4c56)nc1. The molecule has 0 saturated heterocycles. The molecule has 0 atom stereocenters. The van der Waals surface area contributed by atoms with Crippen LogP contribution in [0.3, 0.4) is 0 Å². The van der Waals surface area contributed by atoms with E-state index in [2.05, 4.69) is 65.2 Å². The molecule has 8 aromatic rings. The van der Waals surface area contributed by atoms with E-state index in [0.29, 0.717) is 0 Å². The predicted octanol–water partition coefficient (Wildman–Crippen LogP) is 7.06. The maximum Gasteiger partial charge on any atom is 0.137 e. The first-order chi connectivity index (χ1) is 15.4. The minimum Gasteiger partial charge on any atom is -0.292 e. The second-order valence-corrected chi connectivity index (χ2v) is 8.27. The predicted molar refractivity (Wildman–Crippen MR) is 129 cm³/mol. The quantitative estimate of drug-likeness (QED) is 0.221. The topological polar surface area (TPSA) is 30.7 Å². The zero-order valence-electron chi connectivity index (χ0n) is 16.5. The minimum atomic E-state index is 0.920. The van der Waals surface area contributed by atoms with Crippen molar-refractivity contribution < 1.29 is 0 Å². The second kappa shape index (κ2) is 5.27. The van der Waals surface area contributed by atoms with Gasteiger partial charge < -0.3 is 0 Å². The lowest BCUT2D eigenvalue weighted by Gasteiger charge is -2.13. The van der Waals surface area contributed by atoms with Gasteiger partial charge >= 0.3 is 0 Å². The van der Waals surface area contributed by atoms with Crippen molar-refractivity contribution in [1.29, 1.82) is 0 Å². The Morgan fingerprint density at radius 3 is 2.29 bits per heavy atom. The number of hydrogen-bond acceptors (Lipinski definition) is 2. The maximum atomic E-state index is 4.83. The molecule has 0 amide bonds. The molecule has 142 valence electrons. The Hall–Kier alpha value is -4.24. The Kier molecular flexibility index (Phi) is 2.65. The van der Waals surface area contributed by atoms with Crippen molar-refractivity contribution in [2.75, 3.05) is 0 Å². The number of hydrogen-bond donors (Lipinski definition) is 0. The third-order valence-corrected chi connectivity index (χ3v) is 6.76. The van der Waals surface area contributed by atoms with Gasteiger partial charge in [0.05, 0.1) is 16.6 Å². The van der Waals surface area contributed by atoms with E-state index in [1.54, 1.807) is 0 Å². The summed E-state index contributed by atoms with van der Waals surface area (Å²) in [6.07, 6.45) is 3.75. The third kappa shape index (κ3) is 1.77. The van der Waals surface area contributed by atoms with Crippen molar-refractivity contribution in [3.63, 3.8) is 0 Å². The summed E-state index contributed by atoms with van der Waals surface area (Å²) in [5.41, 5.74) is 3.34. The zero-order chi connectivity index (χ0) is 20.1. The van der Waals surface area contributed by atoms with E-state index in [1.165, 1.54) is 48.6 Å². The molecule has 8 rings (SSSR count). The van der Waals surface area contributed by atoms with Crippen LogP contribution in [-0.4, -0.2) is 14.5 Å². The van der Waals surface area contributed by atoms with Crippen molar-refractivity contribution in [2.24, 2.45) is 0 Å². The van der Waals surface area contributed by atoms with Crippen LogP contribution in [0.1, 0.15) is 0 Å². The van der Waals surface area contributed by atoms with Gasteiger partial charge in [0.25, 0.3) is 0 Å². The van der Waals surface area contributed by atoms with Gasteiger partial charge in [-0.3, -0.25) is 9.55 Å². The van der Waals surface area contributed by atoms with E-state index in [4.69, 9.17) is 9.97 Å². The molecule has 3 aromatic heterocycles. The molecule has 0 radical (unpaired) electrons. The van der Waals surface area contributed by atoms with E-state index in [1.807, 2.05) is 30.6 Å². The highest BCUT2D eigenvalue weighted by molar-refractivity contribution is 6.42. The second-order valence-electron chi connectivity index (χ2n) is 8.27. The van der Waals surface area contributed by atoms with Crippen LogP contribution in [0.5, 0.6) is 0 Å². The van der Waals surface area contributed by atoms with E-state index in [-0.39, 0.29) is 0 Å². The van der Waals surface area contributed by atoms with E-state index in [0.717, 1.165) is 22.2 Å². The lowest BCUT2D eigenvalue weighted by atomic mass is 9.89. The van der Waals surface area contributed by atoms with Crippen molar-refractivity contribution >= 4 is 65.0 Å². The summed E-state index contributed by atoms with van der Waals surface area (Å²) in [6.45, 7) is 0. The van der Waals surface area contributed by atoms with Crippen molar-refractivity contribution in [1.82, 2.24) is 14.5 Å². The number of pyridine rings is 2. The molecule has 0 bridgehead atoms. The lowest BCUT2D eigenvalue weighted by Crippen LogP contribution is -1.97. The highest BCUT2D eigenvalue weighted by atomic mass is 15.1. The van der Waals surface area contributed by atoms with Gasteiger partial charge in [-0.1, -0.05) is 48.5 Å². The van der Waals surface area contributed by atoms with E-state index >= 15 is 0 Å². The van der Waals surface area contributed by atoms with Crippen LogP contribution < -0.4 is 0 Å². The third-order valence-electron chi connectivity index (χ3n) is 6.76. The smallest absolute Gasteiger partial charge is 0.137 e. The van der Waals surface area contributed by atoms with Crippen LogP contribution in [0.25, 0.3) is 70.8 Å². The number of nitrogens with zero attached hydrogens (tertiary/aromatic N) is 3. The van der Waals surface area contributed by atoms with Crippen molar-refractivity contribution in [3.05, 3.63) is 91.3 Å². The van der Waals surface area contributed by atoms with Crippen LogP contribution in [-0.2, 0) is 0 Å². The molecular weight excluding hydrogens is 378 g/mol. The summed E-state index contributed by atoms with van der Waals surface area (Å²) in [5, 5.41) is 11.6. The molecule has 5 aromatic carbocycles. The molecule has 3 nitrogen and oxygen atoms in total. The van der Waals surface area contributed by atoms with Gasteiger partial charge in [-0.25, -0.2) is 4.98 Å².